The maximum atomic E-state index is 16.1. The summed E-state index contributed by atoms with van der Waals surface area (Å²) in [4.78, 5) is 23.5. The molecule has 0 aliphatic heterocycles. The Kier molecular flexibility index (Phi) is 4.77. The number of halogens is 4. The van der Waals surface area contributed by atoms with Gasteiger partial charge in [0.1, 0.15) is 0 Å². The van der Waals surface area contributed by atoms with Crippen LogP contribution in [-0.4, -0.2) is 32.7 Å². The van der Waals surface area contributed by atoms with Gasteiger partial charge in [-0.2, -0.15) is 10.4 Å². The number of amides is 2. The SMILES string of the molecule is CCC1(C#N)C(F)=C(F)C(c2cc[nH]n2)=C(F)C1(F)N(C(C)=O)C(C)=O. The molecule has 6 nitrogen and oxygen atoms in total. The summed E-state index contributed by atoms with van der Waals surface area (Å²) in [5, 5.41) is 15.1. The number of imide groups is 1. The van der Waals surface area contributed by atoms with Crippen LogP contribution < -0.4 is 0 Å². The first kappa shape index (κ1) is 19.4. The molecule has 2 rings (SSSR count). The summed E-state index contributed by atoms with van der Waals surface area (Å²) in [5.74, 6) is -12.2. The molecule has 10 heteroatoms. The smallest absolute Gasteiger partial charge is 0.269 e. The number of nitriles is 1. The lowest BCUT2D eigenvalue weighted by atomic mass is 9.69. The van der Waals surface area contributed by atoms with E-state index in [0.717, 1.165) is 33.0 Å². The minimum Gasteiger partial charge on any atom is -0.285 e. The quantitative estimate of drug-likeness (QED) is 0.653. The normalized spacial score (nSPS) is 25.9. The Bertz CT molecular complexity index is 857. The Morgan fingerprint density at radius 2 is 1.85 bits per heavy atom. The number of nitrogens with one attached hydrogen (secondary N) is 1. The minimum absolute atomic E-state index is 0.215. The van der Waals surface area contributed by atoms with E-state index in [0.29, 0.717) is 0 Å². The number of nitrogens with zero attached hydrogens (tertiary/aromatic N) is 3. The molecule has 26 heavy (non-hydrogen) atoms. The van der Waals surface area contributed by atoms with Gasteiger partial charge in [-0.15, -0.1) is 0 Å². The number of alkyl halides is 1. The topological polar surface area (TPSA) is 89.8 Å². The third-order valence-electron chi connectivity index (χ3n) is 4.28. The van der Waals surface area contributed by atoms with Crippen molar-refractivity contribution in [3.8, 4) is 6.07 Å². The largest absolute Gasteiger partial charge is 0.285 e. The van der Waals surface area contributed by atoms with Crippen LogP contribution in [0.25, 0.3) is 5.57 Å². The third kappa shape index (κ3) is 2.27. The highest BCUT2D eigenvalue weighted by atomic mass is 19.2. The summed E-state index contributed by atoms with van der Waals surface area (Å²) >= 11 is 0. The summed E-state index contributed by atoms with van der Waals surface area (Å²) in [7, 11) is 0. The molecular weight excluding hydrogens is 356 g/mol. The molecule has 2 atom stereocenters. The molecule has 0 saturated heterocycles. The zero-order valence-electron chi connectivity index (χ0n) is 14.0. The summed E-state index contributed by atoms with van der Waals surface area (Å²) in [6.45, 7) is 2.60. The Morgan fingerprint density at radius 1 is 1.27 bits per heavy atom. The van der Waals surface area contributed by atoms with Crippen molar-refractivity contribution >= 4 is 17.4 Å². The van der Waals surface area contributed by atoms with Crippen molar-refractivity contribution in [1.29, 1.82) is 5.26 Å². The third-order valence-corrected chi connectivity index (χ3v) is 4.28. The Morgan fingerprint density at radius 3 is 2.23 bits per heavy atom. The molecule has 1 aliphatic carbocycles. The van der Waals surface area contributed by atoms with Crippen LogP contribution in [0.4, 0.5) is 17.6 Å². The number of carbonyl (C=O) groups excluding carboxylic acids is 2. The van der Waals surface area contributed by atoms with E-state index in [2.05, 4.69) is 10.2 Å². The molecule has 0 spiro atoms. The Hall–Kier alpha value is -2.96. The molecule has 0 bridgehead atoms. The highest BCUT2D eigenvalue weighted by molar-refractivity contribution is 5.96. The standard InChI is InChI=1S/C16H14F4N4O2/c1-4-15(7-21)14(19)12(17)11(10-5-6-22-23-10)13(18)16(15,20)24(8(2)25)9(3)26/h5-6H,4H2,1-3H3,(H,22,23). The van der Waals surface area contributed by atoms with E-state index < -0.39 is 58.2 Å². The number of aromatic nitrogens is 2. The van der Waals surface area contributed by atoms with E-state index in [1.807, 2.05) is 0 Å². The van der Waals surface area contributed by atoms with E-state index >= 15 is 8.78 Å². The Balaban J connectivity index is 2.99. The predicted octanol–water partition coefficient (Wildman–Crippen LogP) is 3.24. The van der Waals surface area contributed by atoms with Crippen molar-refractivity contribution in [2.75, 3.05) is 0 Å². The fourth-order valence-corrected chi connectivity index (χ4v) is 3.05. The number of rotatable bonds is 3. The maximum absolute atomic E-state index is 16.1. The summed E-state index contributed by atoms with van der Waals surface area (Å²) in [6.07, 6.45) is 0.401. The second-order valence-corrected chi connectivity index (χ2v) is 5.64. The molecule has 1 aromatic heterocycles. The van der Waals surface area contributed by atoms with E-state index in [-0.39, 0.29) is 4.90 Å². The molecule has 1 N–H and O–H groups in total. The van der Waals surface area contributed by atoms with Gasteiger partial charge < -0.3 is 0 Å². The second-order valence-electron chi connectivity index (χ2n) is 5.64. The van der Waals surface area contributed by atoms with Gasteiger partial charge in [0.2, 0.25) is 11.8 Å². The molecule has 2 amide bonds. The van der Waals surface area contributed by atoms with Crippen LogP contribution >= 0.6 is 0 Å². The molecule has 0 radical (unpaired) electrons. The monoisotopic (exact) mass is 370 g/mol. The van der Waals surface area contributed by atoms with E-state index in [1.54, 1.807) is 0 Å². The average molecular weight is 370 g/mol. The zero-order chi connectivity index (χ0) is 19.9. The van der Waals surface area contributed by atoms with Gasteiger partial charge in [-0.3, -0.25) is 14.7 Å². The lowest BCUT2D eigenvalue weighted by Gasteiger charge is -2.45. The maximum Gasteiger partial charge on any atom is 0.269 e. The van der Waals surface area contributed by atoms with Crippen molar-refractivity contribution < 1.29 is 27.2 Å². The number of allylic oxidation sites excluding steroid dienone is 2. The van der Waals surface area contributed by atoms with Crippen LogP contribution in [0.2, 0.25) is 0 Å². The molecule has 1 aliphatic rings. The number of hydrogen-bond donors (Lipinski definition) is 1. The summed E-state index contributed by atoms with van der Waals surface area (Å²) in [5.41, 5.74) is -4.79. The van der Waals surface area contributed by atoms with Crippen molar-refractivity contribution in [3.63, 3.8) is 0 Å². The molecule has 0 aromatic carbocycles. The average Bonchev–Trinajstić information content (AvgIpc) is 3.08. The molecule has 1 heterocycles. The fraction of sp³-hybridized carbons (Fsp3) is 0.375. The summed E-state index contributed by atoms with van der Waals surface area (Å²) in [6, 6.07) is 2.27. The lowest BCUT2D eigenvalue weighted by molar-refractivity contribution is -0.166. The van der Waals surface area contributed by atoms with Gasteiger partial charge in [-0.05, 0) is 12.5 Å². The van der Waals surface area contributed by atoms with Crippen LogP contribution in [0, 0.1) is 16.7 Å². The van der Waals surface area contributed by atoms with Crippen LogP contribution in [-0.2, 0) is 9.59 Å². The van der Waals surface area contributed by atoms with Gasteiger partial charge in [-0.1, -0.05) is 6.92 Å². The number of hydrogen-bond acceptors (Lipinski definition) is 4. The van der Waals surface area contributed by atoms with Crippen molar-refractivity contribution in [2.24, 2.45) is 5.41 Å². The zero-order valence-corrected chi connectivity index (χ0v) is 14.0. The van der Waals surface area contributed by atoms with Gasteiger partial charge in [0.05, 0.1) is 17.3 Å². The van der Waals surface area contributed by atoms with Crippen LogP contribution in [0.15, 0.2) is 29.7 Å². The van der Waals surface area contributed by atoms with E-state index in [9.17, 15) is 23.6 Å². The molecule has 1 aromatic rings. The second kappa shape index (κ2) is 6.40. The highest BCUT2D eigenvalue weighted by Gasteiger charge is 2.68. The summed E-state index contributed by atoms with van der Waals surface area (Å²) < 4.78 is 60.7. The van der Waals surface area contributed by atoms with Crippen molar-refractivity contribution in [3.05, 3.63) is 35.4 Å². The van der Waals surface area contributed by atoms with E-state index in [4.69, 9.17) is 0 Å². The van der Waals surface area contributed by atoms with Crippen molar-refractivity contribution in [2.45, 2.75) is 33.0 Å². The first-order valence-electron chi connectivity index (χ1n) is 7.48. The molecule has 0 fully saturated rings. The van der Waals surface area contributed by atoms with Crippen LogP contribution in [0.3, 0.4) is 0 Å². The van der Waals surface area contributed by atoms with Crippen molar-refractivity contribution in [1.82, 2.24) is 15.1 Å². The highest BCUT2D eigenvalue weighted by Crippen LogP contribution is 2.58. The minimum atomic E-state index is -3.89. The van der Waals surface area contributed by atoms with Gasteiger partial charge in [0, 0.05) is 20.0 Å². The van der Waals surface area contributed by atoms with Gasteiger partial charge in [0.15, 0.2) is 22.9 Å². The van der Waals surface area contributed by atoms with Crippen LogP contribution in [0.1, 0.15) is 32.9 Å². The van der Waals surface area contributed by atoms with Gasteiger partial charge in [0.25, 0.3) is 5.79 Å². The number of carbonyl (C=O) groups is 2. The number of H-pyrrole nitrogens is 1. The molecule has 138 valence electrons. The Labute approximate surface area is 145 Å². The predicted molar refractivity (Wildman–Crippen MR) is 81.2 cm³/mol. The molecule has 2 unspecified atom stereocenters. The fourth-order valence-electron chi connectivity index (χ4n) is 3.05. The van der Waals surface area contributed by atoms with Gasteiger partial charge in [-0.25, -0.2) is 22.5 Å². The van der Waals surface area contributed by atoms with E-state index in [1.165, 1.54) is 6.07 Å². The van der Waals surface area contributed by atoms with Gasteiger partial charge >= 0.3 is 0 Å². The first-order chi connectivity index (χ1) is 12.1. The van der Waals surface area contributed by atoms with Crippen LogP contribution in [0.5, 0.6) is 0 Å². The molecule has 0 saturated carbocycles. The lowest BCUT2D eigenvalue weighted by Crippen LogP contribution is -2.62. The molecular formula is C16H14F4N4O2. The number of aromatic amines is 1. The first-order valence-corrected chi connectivity index (χ1v) is 7.48.